The average Bonchev–Trinajstić information content (AvgIpc) is 2.23. The van der Waals surface area contributed by atoms with Crippen molar-refractivity contribution in [3.8, 4) is 0 Å². The monoisotopic (exact) mass is 308 g/mol. The molecule has 114 valence electrons. The van der Waals surface area contributed by atoms with Crippen LogP contribution in [0.25, 0.3) is 0 Å². The summed E-state index contributed by atoms with van der Waals surface area (Å²) in [6, 6.07) is 0. The lowest BCUT2D eigenvalue weighted by Crippen LogP contribution is -2.35. The molecule has 0 saturated heterocycles. The topological polar surface area (TPSA) is 44.8 Å². The molecular weight excluding hydrogens is 279 g/mol. The molecule has 0 aromatic rings. The van der Waals surface area contributed by atoms with E-state index in [9.17, 15) is 4.57 Å². The molecule has 19 heavy (non-hydrogen) atoms. The zero-order valence-corrected chi connectivity index (χ0v) is 15.3. The molecule has 0 fully saturated rings. The molecule has 0 spiro atoms. The van der Waals surface area contributed by atoms with Crippen molar-refractivity contribution in [3.05, 3.63) is 11.8 Å². The van der Waals surface area contributed by atoms with E-state index in [4.69, 9.17) is 13.6 Å². The zero-order valence-electron chi connectivity index (χ0n) is 13.4. The third-order valence-electron chi connectivity index (χ3n) is 3.37. The lowest BCUT2D eigenvalue weighted by Gasteiger charge is -2.34. The molecular formula is C13H29O4PSi. The van der Waals surface area contributed by atoms with Crippen molar-refractivity contribution in [2.75, 3.05) is 19.8 Å². The summed E-state index contributed by atoms with van der Waals surface area (Å²) in [7, 11) is -4.85. The highest BCUT2D eigenvalue weighted by molar-refractivity contribution is 7.48. The largest absolute Gasteiger partial charge is 0.475 e. The van der Waals surface area contributed by atoms with E-state index >= 15 is 0 Å². The highest BCUT2D eigenvalue weighted by Gasteiger charge is 2.32. The molecule has 0 aromatic heterocycles. The molecule has 0 bridgehead atoms. The van der Waals surface area contributed by atoms with Crippen LogP contribution in [0.1, 0.15) is 34.6 Å². The van der Waals surface area contributed by atoms with Crippen LogP contribution in [0.2, 0.25) is 18.1 Å². The molecule has 0 heterocycles. The Balaban J connectivity index is 4.46. The van der Waals surface area contributed by atoms with Crippen molar-refractivity contribution in [3.63, 3.8) is 0 Å². The van der Waals surface area contributed by atoms with Gasteiger partial charge in [0.1, 0.15) is 0 Å². The summed E-state index contributed by atoms with van der Waals surface area (Å²) in [5.74, 6) is 0. The fraction of sp³-hybridized carbons (Fsp3) is 0.846. The summed E-state index contributed by atoms with van der Waals surface area (Å²) in [6.45, 7) is 15.7. The van der Waals surface area contributed by atoms with E-state index in [0.717, 1.165) is 0 Å². The van der Waals surface area contributed by atoms with E-state index in [1.807, 2.05) is 6.08 Å². The second-order valence-electron chi connectivity index (χ2n) is 5.95. The van der Waals surface area contributed by atoms with Gasteiger partial charge < -0.3 is 0 Å². The Hall–Kier alpha value is 0.0669. The first kappa shape index (κ1) is 19.1. The smallest absolute Gasteiger partial charge is 0.287 e. The van der Waals surface area contributed by atoms with Crippen LogP contribution in [0, 0.1) is 0 Å². The molecule has 4 nitrogen and oxygen atoms in total. The minimum absolute atomic E-state index is 0.254. The molecule has 0 unspecified atom stereocenters. The zero-order chi connectivity index (χ0) is 15.2. The van der Waals surface area contributed by atoms with Gasteiger partial charge in [-0.25, -0.2) is 4.57 Å². The summed E-state index contributed by atoms with van der Waals surface area (Å²) >= 11 is 0. The number of hydrogen-bond donors (Lipinski definition) is 0. The van der Waals surface area contributed by atoms with Crippen LogP contribution in [0.3, 0.4) is 0 Å². The van der Waals surface area contributed by atoms with Gasteiger partial charge in [-0.15, -0.1) is 0 Å². The Morgan fingerprint density at radius 1 is 1.05 bits per heavy atom. The van der Waals surface area contributed by atoms with Gasteiger partial charge in [-0.2, -0.15) is 0 Å². The van der Waals surface area contributed by atoms with Gasteiger partial charge in [-0.1, -0.05) is 45.6 Å². The van der Waals surface area contributed by atoms with Crippen LogP contribution in [-0.2, 0) is 18.1 Å². The number of phosphoric acid groups is 1. The second kappa shape index (κ2) is 7.74. The fourth-order valence-electron chi connectivity index (χ4n) is 1.16. The maximum absolute atomic E-state index is 12.0. The van der Waals surface area contributed by atoms with Crippen molar-refractivity contribution in [2.45, 2.75) is 52.8 Å². The predicted octanol–water partition coefficient (Wildman–Crippen LogP) is 4.79. The maximum atomic E-state index is 12.0. The molecule has 0 amide bonds. The van der Waals surface area contributed by atoms with E-state index in [1.54, 1.807) is 13.8 Å². The summed E-state index contributed by atoms with van der Waals surface area (Å²) in [6.07, 6.45) is 1.93. The first-order chi connectivity index (χ1) is 8.58. The predicted molar refractivity (Wildman–Crippen MR) is 83.1 cm³/mol. The van der Waals surface area contributed by atoms with Gasteiger partial charge in [0, 0.05) is 0 Å². The van der Waals surface area contributed by atoms with E-state index in [2.05, 4.69) is 39.6 Å². The summed E-state index contributed by atoms with van der Waals surface area (Å²) in [5.41, 5.74) is 2.22. The van der Waals surface area contributed by atoms with Crippen LogP contribution in [0.15, 0.2) is 11.8 Å². The Kier molecular flexibility index (Phi) is 7.77. The highest BCUT2D eigenvalue weighted by atomic mass is 31.2. The normalized spacial score (nSPS) is 14.3. The molecule has 0 aromatic carbocycles. The molecule has 0 aliphatic rings. The summed E-state index contributed by atoms with van der Waals surface area (Å²) in [5, 5.41) is 0.285. The highest BCUT2D eigenvalue weighted by Crippen LogP contribution is 2.49. The summed E-state index contributed by atoms with van der Waals surface area (Å²) in [4.78, 5) is 0. The second-order valence-corrected chi connectivity index (χ2v) is 12.9. The van der Waals surface area contributed by atoms with Crippen LogP contribution in [-0.4, -0.2) is 27.9 Å². The van der Waals surface area contributed by atoms with Crippen LogP contribution in [0.4, 0.5) is 0 Å². The van der Waals surface area contributed by atoms with E-state index in [-0.39, 0.29) is 11.6 Å². The van der Waals surface area contributed by atoms with Gasteiger partial charge in [0.15, 0.2) is 0 Å². The molecule has 0 saturated carbocycles. The first-order valence-electron chi connectivity index (χ1n) is 6.79. The molecule has 6 heteroatoms. The van der Waals surface area contributed by atoms with Crippen LogP contribution < -0.4 is 0 Å². The number of hydrogen-bond acceptors (Lipinski definition) is 4. The molecule has 0 aliphatic heterocycles. The SMILES string of the molecule is CCOP(=O)(OCC)OC/C=C/[Si](C)(C)C(C)(C)C. The average molecular weight is 308 g/mol. The van der Waals surface area contributed by atoms with Crippen molar-refractivity contribution in [1.29, 1.82) is 0 Å². The van der Waals surface area contributed by atoms with E-state index < -0.39 is 15.9 Å². The van der Waals surface area contributed by atoms with E-state index in [1.165, 1.54) is 0 Å². The van der Waals surface area contributed by atoms with Crippen LogP contribution >= 0.6 is 7.82 Å². The standard InChI is InChI=1S/C13H29O4PSi/c1-8-15-18(14,16-9-2)17-11-10-12-19(6,7)13(3,4)5/h10,12H,8-9,11H2,1-7H3/b12-10+. The Labute approximate surface area is 119 Å². The Morgan fingerprint density at radius 3 is 1.89 bits per heavy atom. The van der Waals surface area contributed by atoms with Gasteiger partial charge in [-0.05, 0) is 18.9 Å². The molecule has 0 N–H and O–H groups in total. The summed E-state index contributed by atoms with van der Waals surface area (Å²) < 4.78 is 27.4. The maximum Gasteiger partial charge on any atom is 0.475 e. The lowest BCUT2D eigenvalue weighted by atomic mass is 10.2. The van der Waals surface area contributed by atoms with Crippen molar-refractivity contribution >= 4 is 15.9 Å². The fourth-order valence-corrected chi connectivity index (χ4v) is 3.47. The third-order valence-corrected chi connectivity index (χ3v) is 9.92. The molecule has 0 radical (unpaired) electrons. The Morgan fingerprint density at radius 2 is 1.53 bits per heavy atom. The van der Waals surface area contributed by atoms with Gasteiger partial charge in [-0.3, -0.25) is 13.6 Å². The minimum Gasteiger partial charge on any atom is -0.287 e. The van der Waals surface area contributed by atoms with Gasteiger partial charge in [0.05, 0.1) is 27.9 Å². The van der Waals surface area contributed by atoms with Crippen molar-refractivity contribution < 1.29 is 18.1 Å². The van der Waals surface area contributed by atoms with Gasteiger partial charge >= 0.3 is 7.82 Å². The van der Waals surface area contributed by atoms with Gasteiger partial charge in [0.25, 0.3) is 0 Å². The van der Waals surface area contributed by atoms with Crippen molar-refractivity contribution in [1.82, 2.24) is 0 Å². The van der Waals surface area contributed by atoms with Crippen LogP contribution in [0.5, 0.6) is 0 Å². The Bertz CT molecular complexity index is 324. The van der Waals surface area contributed by atoms with Crippen molar-refractivity contribution in [2.24, 2.45) is 0 Å². The molecule has 0 aliphatic carbocycles. The molecule has 0 atom stereocenters. The number of rotatable bonds is 8. The minimum atomic E-state index is -3.38. The molecule has 0 rings (SSSR count). The van der Waals surface area contributed by atoms with E-state index in [0.29, 0.717) is 13.2 Å². The first-order valence-corrected chi connectivity index (χ1v) is 11.3. The number of phosphoric ester groups is 1. The quantitative estimate of drug-likeness (QED) is 0.478. The van der Waals surface area contributed by atoms with Gasteiger partial charge in [0.2, 0.25) is 0 Å². The third kappa shape index (κ3) is 6.86. The lowest BCUT2D eigenvalue weighted by molar-refractivity contribution is 0.131.